The maximum atomic E-state index is 13.0. The first-order valence-electron chi connectivity index (χ1n) is 8.50. The zero-order valence-electron chi connectivity index (χ0n) is 14.3. The van der Waals surface area contributed by atoms with Crippen LogP contribution in [0.15, 0.2) is 66.9 Å². The number of carbonyl (C=O) groups excluding carboxylic acids is 1. The summed E-state index contributed by atoms with van der Waals surface area (Å²) in [6, 6.07) is 20.4. The smallest absolute Gasteiger partial charge is 0.252 e. The van der Waals surface area contributed by atoms with Crippen LogP contribution in [-0.2, 0) is 0 Å². The van der Waals surface area contributed by atoms with E-state index in [4.69, 9.17) is 0 Å². The van der Waals surface area contributed by atoms with Crippen molar-refractivity contribution >= 4 is 27.6 Å². The molecule has 0 aliphatic carbocycles. The summed E-state index contributed by atoms with van der Waals surface area (Å²) >= 11 is 0. The van der Waals surface area contributed by atoms with Gasteiger partial charge in [-0.2, -0.15) is 0 Å². The van der Waals surface area contributed by atoms with Crippen molar-refractivity contribution in [1.29, 1.82) is 0 Å². The Balaban J connectivity index is 1.70. The van der Waals surface area contributed by atoms with Crippen molar-refractivity contribution < 1.29 is 4.79 Å². The molecule has 1 amide bonds. The van der Waals surface area contributed by atoms with Crippen LogP contribution in [0.25, 0.3) is 21.7 Å². The number of hydrogen-bond donors (Lipinski definition) is 2. The number of aryl methyl sites for hydroxylation is 1. The van der Waals surface area contributed by atoms with E-state index in [0.29, 0.717) is 0 Å². The fourth-order valence-corrected chi connectivity index (χ4v) is 3.52. The molecule has 0 aliphatic rings. The molecule has 3 nitrogen and oxygen atoms in total. The molecule has 0 fully saturated rings. The monoisotopic (exact) mass is 328 g/mol. The number of amides is 1. The molecule has 0 saturated carbocycles. The number of rotatable bonds is 3. The number of carbonyl (C=O) groups is 1. The van der Waals surface area contributed by atoms with Crippen LogP contribution >= 0.6 is 0 Å². The molecule has 1 heterocycles. The molecule has 4 rings (SSSR count). The van der Waals surface area contributed by atoms with Gasteiger partial charge in [-0.3, -0.25) is 4.79 Å². The average Bonchev–Trinajstić information content (AvgIpc) is 3.09. The van der Waals surface area contributed by atoms with Crippen molar-refractivity contribution in [1.82, 2.24) is 10.3 Å². The summed E-state index contributed by atoms with van der Waals surface area (Å²) in [5.41, 5.74) is 3.83. The third kappa shape index (κ3) is 2.68. The minimum absolute atomic E-state index is 0.0388. The molecule has 0 saturated heterocycles. The van der Waals surface area contributed by atoms with Gasteiger partial charge in [0.1, 0.15) is 0 Å². The van der Waals surface area contributed by atoms with Crippen LogP contribution in [0.3, 0.4) is 0 Å². The fraction of sp³-hybridized carbons (Fsp3) is 0.136. The fourth-order valence-electron chi connectivity index (χ4n) is 3.52. The first-order chi connectivity index (χ1) is 12.1. The van der Waals surface area contributed by atoms with Crippen LogP contribution in [0.1, 0.15) is 34.5 Å². The Morgan fingerprint density at radius 3 is 2.64 bits per heavy atom. The lowest BCUT2D eigenvalue weighted by Crippen LogP contribution is -2.27. The van der Waals surface area contributed by atoms with Gasteiger partial charge in [-0.25, -0.2) is 0 Å². The normalized spacial score (nSPS) is 12.4. The van der Waals surface area contributed by atoms with Crippen molar-refractivity contribution in [2.24, 2.45) is 0 Å². The van der Waals surface area contributed by atoms with Crippen LogP contribution in [0.5, 0.6) is 0 Å². The molecule has 0 radical (unpaired) electrons. The van der Waals surface area contributed by atoms with Crippen LogP contribution < -0.4 is 5.32 Å². The average molecular weight is 328 g/mol. The van der Waals surface area contributed by atoms with Crippen LogP contribution in [0.4, 0.5) is 0 Å². The number of aromatic nitrogens is 1. The maximum absolute atomic E-state index is 13.0. The quantitative estimate of drug-likeness (QED) is 0.538. The molecule has 124 valence electrons. The van der Waals surface area contributed by atoms with E-state index in [1.54, 1.807) is 0 Å². The highest BCUT2D eigenvalue weighted by molar-refractivity contribution is 6.08. The molecule has 1 unspecified atom stereocenters. The molecule has 4 aromatic rings. The maximum Gasteiger partial charge on any atom is 0.252 e. The van der Waals surface area contributed by atoms with Gasteiger partial charge in [-0.1, -0.05) is 48.5 Å². The second kappa shape index (κ2) is 6.10. The minimum atomic E-state index is -0.0767. The standard InChI is InChI=1S/C22H20N2O/c1-14-10-11-20-19(12-13-23-20)21(14)22(25)24-15(2)17-9-5-7-16-6-3-4-8-18(16)17/h3-13,15,23H,1-2H3,(H,24,25). The summed E-state index contributed by atoms with van der Waals surface area (Å²) < 4.78 is 0. The van der Waals surface area contributed by atoms with Crippen LogP contribution in [0.2, 0.25) is 0 Å². The summed E-state index contributed by atoms with van der Waals surface area (Å²) in [5.74, 6) is -0.0388. The van der Waals surface area contributed by atoms with E-state index in [-0.39, 0.29) is 11.9 Å². The molecule has 2 N–H and O–H groups in total. The Morgan fingerprint density at radius 1 is 0.960 bits per heavy atom. The molecule has 0 spiro atoms. The van der Waals surface area contributed by atoms with Crippen LogP contribution in [-0.4, -0.2) is 10.9 Å². The molecule has 3 heteroatoms. The summed E-state index contributed by atoms with van der Waals surface area (Å²) in [6.07, 6.45) is 1.87. The second-order valence-corrected chi connectivity index (χ2v) is 6.46. The lowest BCUT2D eigenvalue weighted by Gasteiger charge is -2.18. The van der Waals surface area contributed by atoms with Gasteiger partial charge < -0.3 is 10.3 Å². The van der Waals surface area contributed by atoms with Gasteiger partial charge in [-0.15, -0.1) is 0 Å². The Kier molecular flexibility index (Phi) is 3.77. The first-order valence-corrected chi connectivity index (χ1v) is 8.50. The second-order valence-electron chi connectivity index (χ2n) is 6.46. The summed E-state index contributed by atoms with van der Waals surface area (Å²) in [4.78, 5) is 16.1. The van der Waals surface area contributed by atoms with E-state index in [1.165, 1.54) is 10.8 Å². The zero-order chi connectivity index (χ0) is 17.4. The first kappa shape index (κ1) is 15.5. The number of aromatic amines is 1. The van der Waals surface area contributed by atoms with Gasteiger partial charge in [-0.05, 0) is 47.9 Å². The van der Waals surface area contributed by atoms with Gasteiger partial charge in [0.25, 0.3) is 5.91 Å². The number of hydrogen-bond acceptors (Lipinski definition) is 1. The topological polar surface area (TPSA) is 44.9 Å². The van der Waals surface area contributed by atoms with Crippen molar-refractivity contribution in [2.75, 3.05) is 0 Å². The third-order valence-corrected chi connectivity index (χ3v) is 4.81. The molecular weight excluding hydrogens is 308 g/mol. The van der Waals surface area contributed by atoms with Crippen molar-refractivity contribution in [2.45, 2.75) is 19.9 Å². The van der Waals surface area contributed by atoms with Crippen molar-refractivity contribution in [3.8, 4) is 0 Å². The molecule has 25 heavy (non-hydrogen) atoms. The molecule has 0 aliphatic heterocycles. The molecule has 3 aromatic carbocycles. The Hall–Kier alpha value is -3.07. The van der Waals surface area contributed by atoms with Gasteiger partial charge in [0.15, 0.2) is 0 Å². The van der Waals surface area contributed by atoms with E-state index >= 15 is 0 Å². The summed E-state index contributed by atoms with van der Waals surface area (Å²) in [6.45, 7) is 4.01. The molecule has 0 bridgehead atoms. The highest BCUT2D eigenvalue weighted by atomic mass is 16.1. The van der Waals surface area contributed by atoms with Gasteiger partial charge >= 0.3 is 0 Å². The van der Waals surface area contributed by atoms with E-state index in [9.17, 15) is 4.79 Å². The Morgan fingerprint density at radius 2 is 1.76 bits per heavy atom. The third-order valence-electron chi connectivity index (χ3n) is 4.81. The van der Waals surface area contributed by atoms with Crippen molar-refractivity contribution in [3.05, 3.63) is 83.6 Å². The summed E-state index contributed by atoms with van der Waals surface area (Å²) in [5, 5.41) is 6.50. The highest BCUT2D eigenvalue weighted by Crippen LogP contribution is 2.26. The lowest BCUT2D eigenvalue weighted by molar-refractivity contribution is 0.0941. The van der Waals surface area contributed by atoms with Gasteiger partial charge in [0.05, 0.1) is 11.6 Å². The molecular formula is C22H20N2O. The number of benzene rings is 3. The highest BCUT2D eigenvalue weighted by Gasteiger charge is 2.17. The van der Waals surface area contributed by atoms with E-state index in [2.05, 4.69) is 34.6 Å². The predicted molar refractivity (Wildman–Crippen MR) is 103 cm³/mol. The van der Waals surface area contributed by atoms with Crippen LogP contribution in [0, 0.1) is 6.92 Å². The number of fused-ring (bicyclic) bond motifs is 2. The zero-order valence-corrected chi connectivity index (χ0v) is 14.3. The van der Waals surface area contributed by atoms with Crippen molar-refractivity contribution in [3.63, 3.8) is 0 Å². The summed E-state index contributed by atoms with van der Waals surface area (Å²) in [7, 11) is 0. The van der Waals surface area contributed by atoms with E-state index < -0.39 is 0 Å². The number of nitrogens with one attached hydrogen (secondary N) is 2. The molecule has 1 atom stereocenters. The largest absolute Gasteiger partial charge is 0.361 e. The Labute approximate surface area is 146 Å². The SMILES string of the molecule is Cc1ccc2[nH]ccc2c1C(=O)NC(C)c1cccc2ccccc12. The van der Waals surface area contributed by atoms with E-state index in [0.717, 1.165) is 27.6 Å². The predicted octanol–water partition coefficient (Wildman–Crippen LogP) is 5.12. The molecule has 1 aromatic heterocycles. The van der Waals surface area contributed by atoms with Gasteiger partial charge in [0, 0.05) is 17.1 Å². The van der Waals surface area contributed by atoms with E-state index in [1.807, 2.05) is 56.4 Å². The van der Waals surface area contributed by atoms with Gasteiger partial charge in [0.2, 0.25) is 0 Å². The lowest BCUT2D eigenvalue weighted by atomic mass is 9.98. The Bertz CT molecular complexity index is 1070. The number of H-pyrrole nitrogens is 1. The minimum Gasteiger partial charge on any atom is -0.361 e.